The van der Waals surface area contributed by atoms with Crippen molar-refractivity contribution in [2.45, 2.75) is 19.1 Å². The van der Waals surface area contributed by atoms with E-state index in [1.54, 1.807) is 0 Å². The summed E-state index contributed by atoms with van der Waals surface area (Å²) in [5.41, 5.74) is 1.55. The molecule has 0 bridgehead atoms. The fraction of sp³-hybridized carbons (Fsp3) is 0.188. The van der Waals surface area contributed by atoms with Crippen molar-refractivity contribution in [1.82, 2.24) is 9.55 Å². The molecule has 0 saturated carbocycles. The Morgan fingerprint density at radius 1 is 1.08 bits per heavy atom. The minimum Gasteiger partial charge on any atom is -0.321 e. The third kappa shape index (κ3) is 3.27. The molecule has 8 heteroatoms. The van der Waals surface area contributed by atoms with E-state index in [1.807, 2.05) is 24.3 Å². The van der Waals surface area contributed by atoms with Crippen LogP contribution >= 0.6 is 39.1 Å². The largest absolute Gasteiger partial charge is 0.321 e. The maximum Gasteiger partial charge on any atom is 0.276 e. The van der Waals surface area contributed by atoms with Crippen LogP contribution < -0.4 is 0 Å². The van der Waals surface area contributed by atoms with Crippen LogP contribution in [0.3, 0.4) is 0 Å². The number of imidazole rings is 1. The predicted molar refractivity (Wildman–Crippen MR) is 92.9 cm³/mol. The first-order valence-electron chi connectivity index (χ1n) is 6.89. The quantitative estimate of drug-likeness (QED) is 0.459. The number of rotatable bonds is 4. The Hall–Kier alpha value is -1.24. The Kier molecular flexibility index (Phi) is 5.08. The number of hydrogen-bond acceptors (Lipinski definition) is 1. The summed E-state index contributed by atoms with van der Waals surface area (Å²) in [4.78, 5) is 4.01. The van der Waals surface area contributed by atoms with Crippen LogP contribution in [0.25, 0.3) is 11.0 Å². The van der Waals surface area contributed by atoms with Gasteiger partial charge in [-0.1, -0.05) is 57.3 Å². The Morgan fingerprint density at radius 2 is 1.75 bits per heavy atom. The Morgan fingerprint density at radius 3 is 2.42 bits per heavy atom. The van der Waals surface area contributed by atoms with Gasteiger partial charge in [0, 0.05) is 4.47 Å². The van der Waals surface area contributed by atoms with Crippen molar-refractivity contribution in [2.24, 2.45) is 0 Å². The fourth-order valence-corrected chi connectivity index (χ4v) is 3.15. The molecule has 0 aliphatic rings. The molecule has 0 spiro atoms. The topological polar surface area (TPSA) is 17.8 Å². The molecule has 2 aromatic carbocycles. The van der Waals surface area contributed by atoms with Gasteiger partial charge >= 0.3 is 0 Å². The Balaban J connectivity index is 2.20. The summed E-state index contributed by atoms with van der Waals surface area (Å²) in [6, 6.07) is 10.2. The lowest BCUT2D eigenvalue weighted by atomic mass is 10.2. The molecule has 0 aliphatic heterocycles. The first kappa shape index (κ1) is 17.6. The summed E-state index contributed by atoms with van der Waals surface area (Å²) in [5, 5.41) is 0.477. The van der Waals surface area contributed by atoms with E-state index in [2.05, 4.69) is 20.9 Å². The average Bonchev–Trinajstić information content (AvgIpc) is 2.87. The first-order valence-corrected chi connectivity index (χ1v) is 8.44. The van der Waals surface area contributed by atoms with Crippen LogP contribution in [0.5, 0.6) is 0 Å². The number of benzene rings is 2. The average molecular weight is 438 g/mol. The highest BCUT2D eigenvalue weighted by Gasteiger charge is 2.28. The monoisotopic (exact) mass is 436 g/mol. The molecule has 0 saturated heterocycles. The molecule has 0 radical (unpaired) electrons. The van der Waals surface area contributed by atoms with E-state index in [0.29, 0.717) is 11.0 Å². The summed E-state index contributed by atoms with van der Waals surface area (Å²) in [7, 11) is 0. The third-order valence-corrected chi connectivity index (χ3v) is 5.07. The zero-order valence-electron chi connectivity index (χ0n) is 12.0. The molecule has 1 aromatic heterocycles. The molecule has 3 rings (SSSR count). The normalized spacial score (nSPS) is 13.0. The zero-order valence-corrected chi connectivity index (χ0v) is 15.1. The summed E-state index contributed by atoms with van der Waals surface area (Å²) in [6.07, 6.45) is -5.68. The smallest absolute Gasteiger partial charge is 0.276 e. The van der Waals surface area contributed by atoms with Crippen LogP contribution in [0, 0.1) is 0 Å². The highest BCUT2D eigenvalue weighted by Crippen LogP contribution is 2.33. The first-order chi connectivity index (χ1) is 11.4. The molecule has 0 amide bonds. The van der Waals surface area contributed by atoms with Crippen LogP contribution in [0.2, 0.25) is 10.0 Å². The van der Waals surface area contributed by atoms with Gasteiger partial charge in [0.2, 0.25) is 6.17 Å². The van der Waals surface area contributed by atoms with Gasteiger partial charge in [-0.2, -0.15) is 0 Å². The molecule has 1 atom stereocenters. The van der Waals surface area contributed by atoms with Crippen LogP contribution in [0.1, 0.15) is 17.6 Å². The van der Waals surface area contributed by atoms with Crippen LogP contribution in [-0.2, 0) is 6.54 Å². The second-order valence-corrected chi connectivity index (χ2v) is 6.81. The number of hydrogen-bond donors (Lipinski definition) is 0. The molecule has 0 N–H and O–H groups in total. The van der Waals surface area contributed by atoms with Gasteiger partial charge in [0.25, 0.3) is 6.43 Å². The van der Waals surface area contributed by atoms with Gasteiger partial charge in [-0.15, -0.1) is 0 Å². The number of nitrogens with zero attached hydrogens (tertiary/aromatic N) is 2. The van der Waals surface area contributed by atoms with Gasteiger partial charge in [-0.05, 0) is 23.8 Å². The van der Waals surface area contributed by atoms with E-state index in [1.165, 1.54) is 16.7 Å². The lowest BCUT2D eigenvalue weighted by Gasteiger charge is -2.13. The maximum absolute atomic E-state index is 14.0. The minimum absolute atomic E-state index is 0.165. The van der Waals surface area contributed by atoms with E-state index >= 15 is 0 Å². The standard InChI is InChI=1S/C16H10BrCl2F3N2/c17-9-4-2-1-3-8(9)7-24-13-6-11(19)10(18)5-12(13)23-16(24)14(20)15(21)22/h1-6,14-15H,7H2. The highest BCUT2D eigenvalue weighted by molar-refractivity contribution is 9.10. The molecular weight excluding hydrogens is 428 g/mol. The Bertz CT molecular complexity index is 898. The van der Waals surface area contributed by atoms with E-state index in [0.717, 1.165) is 10.0 Å². The number of alkyl halides is 3. The van der Waals surface area contributed by atoms with Crippen molar-refractivity contribution in [2.75, 3.05) is 0 Å². The molecule has 0 fully saturated rings. The highest BCUT2D eigenvalue weighted by atomic mass is 79.9. The molecular formula is C16H10BrCl2F3N2. The van der Waals surface area contributed by atoms with E-state index in [9.17, 15) is 13.2 Å². The van der Waals surface area contributed by atoms with Crippen molar-refractivity contribution in [3.63, 3.8) is 0 Å². The maximum atomic E-state index is 14.0. The fourth-order valence-electron chi connectivity index (χ4n) is 2.43. The van der Waals surface area contributed by atoms with Gasteiger partial charge in [0.15, 0.2) is 5.82 Å². The zero-order chi connectivity index (χ0) is 17.4. The van der Waals surface area contributed by atoms with Gasteiger partial charge in [-0.25, -0.2) is 18.2 Å². The van der Waals surface area contributed by atoms with Gasteiger partial charge in [-0.3, -0.25) is 0 Å². The number of fused-ring (bicyclic) bond motifs is 1. The van der Waals surface area contributed by atoms with Crippen molar-refractivity contribution < 1.29 is 13.2 Å². The predicted octanol–water partition coefficient (Wildman–Crippen LogP) is 6.43. The summed E-state index contributed by atoms with van der Waals surface area (Å²) in [6.45, 7) is 0.165. The number of aromatic nitrogens is 2. The van der Waals surface area contributed by atoms with E-state index in [4.69, 9.17) is 23.2 Å². The summed E-state index contributed by atoms with van der Waals surface area (Å²) >= 11 is 15.4. The lowest BCUT2D eigenvalue weighted by molar-refractivity contribution is 0.0433. The molecule has 3 aromatic rings. The summed E-state index contributed by atoms with van der Waals surface area (Å²) in [5.74, 6) is -0.353. The SMILES string of the molecule is FC(F)C(F)c1nc2cc(Cl)c(Cl)cc2n1Cc1ccccc1Br. The van der Waals surface area contributed by atoms with Crippen LogP contribution in [0.4, 0.5) is 13.2 Å². The lowest BCUT2D eigenvalue weighted by Crippen LogP contribution is -2.13. The van der Waals surface area contributed by atoms with Crippen molar-refractivity contribution in [1.29, 1.82) is 0 Å². The molecule has 1 heterocycles. The van der Waals surface area contributed by atoms with Crippen molar-refractivity contribution in [3.8, 4) is 0 Å². The molecule has 126 valence electrons. The molecule has 2 nitrogen and oxygen atoms in total. The molecule has 1 unspecified atom stereocenters. The van der Waals surface area contributed by atoms with Crippen molar-refractivity contribution >= 4 is 50.2 Å². The summed E-state index contributed by atoms with van der Waals surface area (Å²) < 4.78 is 42.0. The van der Waals surface area contributed by atoms with Gasteiger partial charge in [0.05, 0.1) is 27.6 Å². The van der Waals surface area contributed by atoms with Crippen LogP contribution in [-0.4, -0.2) is 16.0 Å². The van der Waals surface area contributed by atoms with Gasteiger partial charge in [0.1, 0.15) is 0 Å². The van der Waals surface area contributed by atoms with Crippen molar-refractivity contribution in [3.05, 3.63) is 62.3 Å². The van der Waals surface area contributed by atoms with E-state index < -0.39 is 12.6 Å². The second-order valence-electron chi connectivity index (χ2n) is 5.14. The van der Waals surface area contributed by atoms with E-state index in [-0.39, 0.29) is 22.4 Å². The molecule has 0 aliphatic carbocycles. The second kappa shape index (κ2) is 6.94. The number of halogens is 6. The minimum atomic E-state index is -3.18. The molecule has 24 heavy (non-hydrogen) atoms. The van der Waals surface area contributed by atoms with Crippen LogP contribution in [0.15, 0.2) is 40.9 Å². The van der Waals surface area contributed by atoms with Gasteiger partial charge < -0.3 is 4.57 Å². The Labute approximate surface area is 154 Å². The third-order valence-electron chi connectivity index (χ3n) is 3.57.